The molecule has 0 saturated carbocycles. The third kappa shape index (κ3) is 2.84. The first-order valence-electron chi connectivity index (χ1n) is 6.78. The van der Waals surface area contributed by atoms with E-state index in [1.165, 1.54) is 11.3 Å². The maximum atomic E-state index is 14.2. The average molecular weight is 312 g/mol. The second kappa shape index (κ2) is 6.17. The number of nitrogens with zero attached hydrogens (tertiary/aromatic N) is 1. The molecule has 1 aromatic carbocycles. The van der Waals surface area contributed by atoms with Crippen LogP contribution in [0.3, 0.4) is 0 Å². The lowest BCUT2D eigenvalue weighted by Crippen LogP contribution is -2.45. The Balaban J connectivity index is 2.09. The topological polar surface area (TPSA) is 15.3 Å². The molecule has 1 N–H and O–H groups in total. The Bertz CT molecular complexity index is 610. The molecule has 0 unspecified atom stereocenters. The highest BCUT2D eigenvalue weighted by atomic mass is 32.1. The summed E-state index contributed by atoms with van der Waals surface area (Å²) in [5.74, 6) is -2.81. The second-order valence-electron chi connectivity index (χ2n) is 5.00. The van der Waals surface area contributed by atoms with Crippen LogP contribution in [-0.2, 0) is 0 Å². The third-order valence-corrected chi connectivity index (χ3v) is 4.43. The molecule has 0 bridgehead atoms. The summed E-state index contributed by atoms with van der Waals surface area (Å²) < 4.78 is 41.9. The smallest absolute Gasteiger partial charge is 0.166 e. The minimum absolute atomic E-state index is 0.199. The number of rotatable bonds is 3. The van der Waals surface area contributed by atoms with Crippen LogP contribution in [0.25, 0.3) is 0 Å². The van der Waals surface area contributed by atoms with E-state index in [2.05, 4.69) is 5.32 Å². The molecule has 1 aromatic heterocycles. The maximum Gasteiger partial charge on any atom is 0.166 e. The molecule has 0 amide bonds. The molecule has 112 valence electrons. The summed E-state index contributed by atoms with van der Waals surface area (Å²) in [5.41, 5.74) is 0.598. The lowest BCUT2D eigenvalue weighted by molar-refractivity contribution is 0.191. The Labute approximate surface area is 125 Å². The first-order chi connectivity index (χ1) is 10.2. The van der Waals surface area contributed by atoms with Crippen LogP contribution >= 0.6 is 11.3 Å². The number of thiophene rings is 1. The van der Waals surface area contributed by atoms with E-state index < -0.39 is 23.5 Å². The SMILES string of the molecule is Fc1ccc(F)c([C@H](c2ccsc2)N2CCNCC2)c1F. The van der Waals surface area contributed by atoms with Gasteiger partial charge in [-0.25, -0.2) is 13.2 Å². The van der Waals surface area contributed by atoms with Crippen molar-refractivity contribution < 1.29 is 13.2 Å². The Morgan fingerprint density at radius 2 is 1.76 bits per heavy atom. The molecule has 1 atom stereocenters. The number of nitrogens with one attached hydrogen (secondary N) is 1. The van der Waals surface area contributed by atoms with Gasteiger partial charge in [-0.15, -0.1) is 0 Å². The van der Waals surface area contributed by atoms with Crippen LogP contribution in [0, 0.1) is 17.5 Å². The molecule has 6 heteroatoms. The van der Waals surface area contributed by atoms with Gasteiger partial charge in [0.15, 0.2) is 11.6 Å². The number of hydrogen-bond donors (Lipinski definition) is 1. The Kier molecular flexibility index (Phi) is 4.28. The maximum absolute atomic E-state index is 14.2. The van der Waals surface area contributed by atoms with Gasteiger partial charge >= 0.3 is 0 Å². The zero-order chi connectivity index (χ0) is 14.8. The minimum Gasteiger partial charge on any atom is -0.314 e. The van der Waals surface area contributed by atoms with Gasteiger partial charge in [-0.1, -0.05) is 0 Å². The van der Waals surface area contributed by atoms with Crippen molar-refractivity contribution in [2.75, 3.05) is 26.2 Å². The van der Waals surface area contributed by atoms with E-state index in [4.69, 9.17) is 0 Å². The van der Waals surface area contributed by atoms with E-state index in [0.717, 1.165) is 30.8 Å². The van der Waals surface area contributed by atoms with Crippen molar-refractivity contribution in [2.45, 2.75) is 6.04 Å². The minimum atomic E-state index is -1.09. The van der Waals surface area contributed by atoms with Crippen LogP contribution in [0.5, 0.6) is 0 Å². The fraction of sp³-hybridized carbons (Fsp3) is 0.333. The van der Waals surface area contributed by atoms with Crippen molar-refractivity contribution in [3.05, 3.63) is 57.5 Å². The van der Waals surface area contributed by atoms with Gasteiger partial charge in [-0.2, -0.15) is 11.3 Å². The van der Waals surface area contributed by atoms with Crippen molar-refractivity contribution in [1.82, 2.24) is 10.2 Å². The highest BCUT2D eigenvalue weighted by Crippen LogP contribution is 2.34. The second-order valence-corrected chi connectivity index (χ2v) is 5.78. The van der Waals surface area contributed by atoms with Crippen molar-refractivity contribution in [2.24, 2.45) is 0 Å². The summed E-state index contributed by atoms with van der Waals surface area (Å²) in [5, 5.41) is 6.92. The van der Waals surface area contributed by atoms with Crippen LogP contribution in [-0.4, -0.2) is 31.1 Å². The zero-order valence-corrected chi connectivity index (χ0v) is 12.1. The monoisotopic (exact) mass is 312 g/mol. The number of benzene rings is 1. The largest absolute Gasteiger partial charge is 0.314 e. The van der Waals surface area contributed by atoms with E-state index in [1.54, 1.807) is 0 Å². The van der Waals surface area contributed by atoms with Crippen molar-refractivity contribution in [3.8, 4) is 0 Å². The van der Waals surface area contributed by atoms with E-state index in [-0.39, 0.29) is 5.56 Å². The van der Waals surface area contributed by atoms with Gasteiger partial charge in [0.1, 0.15) is 5.82 Å². The molecule has 1 saturated heterocycles. The summed E-state index contributed by atoms with van der Waals surface area (Å²) in [6, 6.07) is 3.07. The fourth-order valence-corrected chi connectivity index (χ4v) is 3.40. The normalized spacial score (nSPS) is 17.9. The summed E-state index contributed by atoms with van der Waals surface area (Å²) in [4.78, 5) is 1.99. The number of halogens is 3. The van der Waals surface area contributed by atoms with Gasteiger partial charge in [0.25, 0.3) is 0 Å². The standard InChI is InChI=1S/C15H15F3N2S/c16-11-1-2-12(17)14(18)13(11)15(10-3-8-21-9-10)20-6-4-19-5-7-20/h1-3,8-9,15,19H,4-7H2/t15-/m0/s1. The fourth-order valence-electron chi connectivity index (χ4n) is 2.72. The van der Waals surface area contributed by atoms with Crippen molar-refractivity contribution >= 4 is 11.3 Å². The molecule has 0 radical (unpaired) electrons. The predicted octanol–water partition coefficient (Wildman–Crippen LogP) is 3.16. The summed E-state index contributed by atoms with van der Waals surface area (Å²) in [7, 11) is 0. The van der Waals surface area contributed by atoms with E-state index in [1.807, 2.05) is 21.7 Å². The lowest BCUT2D eigenvalue weighted by Gasteiger charge is -2.35. The first kappa shape index (κ1) is 14.6. The van der Waals surface area contributed by atoms with Crippen LogP contribution in [0.15, 0.2) is 29.0 Å². The van der Waals surface area contributed by atoms with E-state index >= 15 is 0 Å². The molecular formula is C15H15F3N2S. The van der Waals surface area contributed by atoms with Crippen LogP contribution in [0.2, 0.25) is 0 Å². The van der Waals surface area contributed by atoms with Gasteiger partial charge in [-0.05, 0) is 34.5 Å². The van der Waals surface area contributed by atoms with Crippen molar-refractivity contribution in [3.63, 3.8) is 0 Å². The Morgan fingerprint density at radius 1 is 1.05 bits per heavy atom. The van der Waals surface area contributed by atoms with Crippen LogP contribution < -0.4 is 5.32 Å². The van der Waals surface area contributed by atoms with Crippen LogP contribution in [0.1, 0.15) is 17.2 Å². The zero-order valence-electron chi connectivity index (χ0n) is 11.3. The lowest BCUT2D eigenvalue weighted by atomic mass is 9.97. The van der Waals surface area contributed by atoms with Gasteiger partial charge in [0, 0.05) is 31.7 Å². The predicted molar refractivity (Wildman–Crippen MR) is 76.9 cm³/mol. The molecule has 0 spiro atoms. The molecular weight excluding hydrogens is 297 g/mol. The summed E-state index contributed by atoms with van der Waals surface area (Å²) in [6.45, 7) is 2.82. The average Bonchev–Trinajstić information content (AvgIpc) is 3.02. The number of piperazine rings is 1. The summed E-state index contributed by atoms with van der Waals surface area (Å²) >= 11 is 1.46. The Hall–Kier alpha value is -1.37. The van der Waals surface area contributed by atoms with Gasteiger partial charge in [0.05, 0.1) is 6.04 Å². The van der Waals surface area contributed by atoms with Gasteiger partial charge < -0.3 is 5.32 Å². The molecule has 2 aromatic rings. The molecule has 1 aliphatic heterocycles. The number of hydrogen-bond acceptors (Lipinski definition) is 3. The highest BCUT2D eigenvalue weighted by molar-refractivity contribution is 7.08. The molecule has 3 rings (SSSR count). The molecule has 2 heterocycles. The highest BCUT2D eigenvalue weighted by Gasteiger charge is 2.30. The van der Waals surface area contributed by atoms with Gasteiger partial charge in [-0.3, -0.25) is 4.90 Å². The van der Waals surface area contributed by atoms with Crippen LogP contribution in [0.4, 0.5) is 13.2 Å². The van der Waals surface area contributed by atoms with Crippen molar-refractivity contribution in [1.29, 1.82) is 0 Å². The molecule has 0 aliphatic carbocycles. The summed E-state index contributed by atoms with van der Waals surface area (Å²) in [6.07, 6.45) is 0. The third-order valence-electron chi connectivity index (χ3n) is 3.73. The van der Waals surface area contributed by atoms with Gasteiger partial charge in [0.2, 0.25) is 0 Å². The van der Waals surface area contributed by atoms with E-state index in [0.29, 0.717) is 13.1 Å². The molecule has 1 fully saturated rings. The molecule has 1 aliphatic rings. The molecule has 2 nitrogen and oxygen atoms in total. The Morgan fingerprint density at radius 3 is 2.43 bits per heavy atom. The quantitative estimate of drug-likeness (QED) is 0.876. The molecule has 21 heavy (non-hydrogen) atoms. The van der Waals surface area contributed by atoms with E-state index in [9.17, 15) is 13.2 Å². The first-order valence-corrected chi connectivity index (χ1v) is 7.73.